The number of carbonyl (C=O) groups is 1. The number of hydrogen-bond acceptors (Lipinski definition) is 4. The summed E-state index contributed by atoms with van der Waals surface area (Å²) in [5.41, 5.74) is 2.38. The molecule has 0 fully saturated rings. The van der Waals surface area contributed by atoms with Gasteiger partial charge in [0, 0.05) is 18.4 Å². The highest BCUT2D eigenvalue weighted by molar-refractivity contribution is 5.93. The fourth-order valence-corrected chi connectivity index (χ4v) is 2.15. The van der Waals surface area contributed by atoms with Crippen LogP contribution in [0.15, 0.2) is 36.5 Å². The lowest BCUT2D eigenvalue weighted by Crippen LogP contribution is -2.23. The predicted octanol–water partition coefficient (Wildman–Crippen LogP) is 3.51. The minimum atomic E-state index is -0.148. The van der Waals surface area contributed by atoms with Crippen molar-refractivity contribution in [2.75, 3.05) is 13.7 Å². The number of carbonyl (C=O) groups excluding carboxylic acids is 1. The molecule has 5 heteroatoms. The fourth-order valence-electron chi connectivity index (χ4n) is 2.15. The number of unbranched alkanes of at least 4 members (excludes halogenated alkanes) is 1. The first-order valence-corrected chi connectivity index (χ1v) is 8.14. The van der Waals surface area contributed by atoms with Gasteiger partial charge in [0.1, 0.15) is 0 Å². The average Bonchev–Trinajstić information content (AvgIpc) is 2.61. The number of nitrogens with zero attached hydrogens (tertiary/aromatic N) is 1. The standard InChI is InChI=1S/C19H24N2O3/c1-4-5-10-24-17-9-7-15(11-18(17)23-3)12-21-19(22)16-8-6-14(2)20-13-16/h6-9,11,13H,4-5,10,12H2,1-3H3,(H,21,22). The third-order valence-electron chi connectivity index (χ3n) is 3.61. The highest BCUT2D eigenvalue weighted by atomic mass is 16.5. The first-order chi connectivity index (χ1) is 11.6. The number of hydrogen-bond donors (Lipinski definition) is 1. The molecule has 0 aliphatic heterocycles. The van der Waals surface area contributed by atoms with E-state index in [1.165, 1.54) is 0 Å². The molecule has 0 aliphatic carbocycles. The third-order valence-corrected chi connectivity index (χ3v) is 3.61. The van der Waals surface area contributed by atoms with Gasteiger partial charge < -0.3 is 14.8 Å². The number of aryl methyl sites for hydroxylation is 1. The van der Waals surface area contributed by atoms with Crippen LogP contribution in [0.2, 0.25) is 0 Å². The lowest BCUT2D eigenvalue weighted by atomic mass is 10.2. The minimum Gasteiger partial charge on any atom is -0.493 e. The number of aromatic nitrogens is 1. The second kappa shape index (κ2) is 8.91. The maximum Gasteiger partial charge on any atom is 0.253 e. The molecule has 1 aromatic carbocycles. The molecule has 1 aromatic heterocycles. The van der Waals surface area contributed by atoms with Gasteiger partial charge in [-0.3, -0.25) is 9.78 Å². The number of pyridine rings is 1. The molecular formula is C19H24N2O3. The SMILES string of the molecule is CCCCOc1ccc(CNC(=O)c2ccc(C)nc2)cc1OC. The van der Waals surface area contributed by atoms with Crippen LogP contribution in [0.4, 0.5) is 0 Å². The summed E-state index contributed by atoms with van der Waals surface area (Å²) in [5, 5.41) is 2.88. The van der Waals surface area contributed by atoms with E-state index in [1.807, 2.05) is 31.2 Å². The molecule has 0 unspecified atom stereocenters. The van der Waals surface area contributed by atoms with Crippen LogP contribution in [0.1, 0.15) is 41.4 Å². The van der Waals surface area contributed by atoms with Crippen LogP contribution in [0.25, 0.3) is 0 Å². The lowest BCUT2D eigenvalue weighted by molar-refractivity contribution is 0.0950. The molecule has 0 saturated carbocycles. The van der Waals surface area contributed by atoms with Crippen molar-refractivity contribution in [1.29, 1.82) is 0 Å². The Balaban J connectivity index is 1.96. The van der Waals surface area contributed by atoms with Crippen LogP contribution in [0, 0.1) is 6.92 Å². The van der Waals surface area contributed by atoms with Gasteiger partial charge in [-0.05, 0) is 43.2 Å². The summed E-state index contributed by atoms with van der Waals surface area (Å²) in [5.74, 6) is 1.25. The summed E-state index contributed by atoms with van der Waals surface area (Å²) in [6, 6.07) is 9.28. The summed E-state index contributed by atoms with van der Waals surface area (Å²) in [6.07, 6.45) is 3.67. The maximum absolute atomic E-state index is 12.1. The molecule has 1 N–H and O–H groups in total. The van der Waals surface area contributed by atoms with Crippen molar-refractivity contribution in [3.8, 4) is 11.5 Å². The van der Waals surface area contributed by atoms with Gasteiger partial charge in [0.15, 0.2) is 11.5 Å². The lowest BCUT2D eigenvalue weighted by Gasteiger charge is -2.12. The van der Waals surface area contributed by atoms with Gasteiger partial charge >= 0.3 is 0 Å². The van der Waals surface area contributed by atoms with E-state index in [9.17, 15) is 4.79 Å². The van der Waals surface area contributed by atoms with E-state index >= 15 is 0 Å². The fraction of sp³-hybridized carbons (Fsp3) is 0.368. The molecule has 24 heavy (non-hydrogen) atoms. The highest BCUT2D eigenvalue weighted by Gasteiger charge is 2.08. The second-order valence-corrected chi connectivity index (χ2v) is 5.56. The van der Waals surface area contributed by atoms with Gasteiger partial charge in [0.25, 0.3) is 5.91 Å². The van der Waals surface area contributed by atoms with E-state index in [-0.39, 0.29) is 5.91 Å². The first kappa shape index (κ1) is 17.8. The molecule has 0 aliphatic rings. The molecule has 0 spiro atoms. The molecule has 128 valence electrons. The van der Waals surface area contributed by atoms with Crippen molar-refractivity contribution in [2.24, 2.45) is 0 Å². The monoisotopic (exact) mass is 328 g/mol. The normalized spacial score (nSPS) is 10.3. The minimum absolute atomic E-state index is 0.148. The van der Waals surface area contributed by atoms with E-state index in [4.69, 9.17) is 9.47 Å². The van der Waals surface area contributed by atoms with Crippen molar-refractivity contribution in [2.45, 2.75) is 33.2 Å². The summed E-state index contributed by atoms with van der Waals surface area (Å²) in [7, 11) is 1.61. The molecule has 0 bridgehead atoms. The topological polar surface area (TPSA) is 60.5 Å². The van der Waals surface area contributed by atoms with Crippen LogP contribution in [0.5, 0.6) is 11.5 Å². The second-order valence-electron chi connectivity index (χ2n) is 5.56. The maximum atomic E-state index is 12.1. The van der Waals surface area contributed by atoms with Gasteiger partial charge in [-0.1, -0.05) is 19.4 Å². The Morgan fingerprint density at radius 3 is 2.71 bits per heavy atom. The number of nitrogens with one attached hydrogen (secondary N) is 1. The van der Waals surface area contributed by atoms with Crippen LogP contribution in [-0.2, 0) is 6.54 Å². The predicted molar refractivity (Wildman–Crippen MR) is 93.5 cm³/mol. The molecule has 0 atom stereocenters. The Morgan fingerprint density at radius 1 is 1.21 bits per heavy atom. The number of rotatable bonds is 8. The largest absolute Gasteiger partial charge is 0.493 e. The molecule has 0 radical (unpaired) electrons. The van der Waals surface area contributed by atoms with E-state index in [0.717, 1.165) is 29.8 Å². The van der Waals surface area contributed by atoms with Gasteiger partial charge in [-0.2, -0.15) is 0 Å². The first-order valence-electron chi connectivity index (χ1n) is 8.14. The molecule has 2 rings (SSSR count). The van der Waals surface area contributed by atoms with Gasteiger partial charge in [-0.25, -0.2) is 0 Å². The number of methoxy groups -OCH3 is 1. The number of ether oxygens (including phenoxy) is 2. The van der Waals surface area contributed by atoms with Gasteiger partial charge in [0.05, 0.1) is 19.3 Å². The van der Waals surface area contributed by atoms with Crippen LogP contribution < -0.4 is 14.8 Å². The number of amides is 1. The molecule has 5 nitrogen and oxygen atoms in total. The summed E-state index contributed by atoms with van der Waals surface area (Å²) >= 11 is 0. The van der Waals surface area contributed by atoms with E-state index < -0.39 is 0 Å². The third kappa shape index (κ3) is 4.98. The Bertz CT molecular complexity index is 669. The Morgan fingerprint density at radius 2 is 2.04 bits per heavy atom. The van der Waals surface area contributed by atoms with E-state index in [2.05, 4.69) is 17.2 Å². The molecular weight excluding hydrogens is 304 g/mol. The smallest absolute Gasteiger partial charge is 0.253 e. The van der Waals surface area contributed by atoms with Crippen LogP contribution >= 0.6 is 0 Å². The van der Waals surface area contributed by atoms with Gasteiger partial charge in [0.2, 0.25) is 0 Å². The quantitative estimate of drug-likeness (QED) is 0.753. The number of benzene rings is 1. The average molecular weight is 328 g/mol. The summed E-state index contributed by atoms with van der Waals surface area (Å²) in [4.78, 5) is 16.3. The molecule has 1 amide bonds. The molecule has 1 heterocycles. The van der Waals surface area contributed by atoms with Crippen molar-refractivity contribution in [3.63, 3.8) is 0 Å². The molecule has 0 saturated heterocycles. The zero-order chi connectivity index (χ0) is 17.4. The van der Waals surface area contributed by atoms with Gasteiger partial charge in [-0.15, -0.1) is 0 Å². The Labute approximate surface area is 143 Å². The zero-order valence-corrected chi connectivity index (χ0v) is 14.5. The van der Waals surface area contributed by atoms with Crippen LogP contribution in [0.3, 0.4) is 0 Å². The zero-order valence-electron chi connectivity index (χ0n) is 14.5. The Hall–Kier alpha value is -2.56. The highest BCUT2D eigenvalue weighted by Crippen LogP contribution is 2.28. The van der Waals surface area contributed by atoms with Crippen molar-refractivity contribution in [1.82, 2.24) is 10.3 Å². The summed E-state index contributed by atoms with van der Waals surface area (Å²) < 4.78 is 11.1. The van der Waals surface area contributed by atoms with Crippen molar-refractivity contribution < 1.29 is 14.3 Å². The van der Waals surface area contributed by atoms with Crippen molar-refractivity contribution >= 4 is 5.91 Å². The summed E-state index contributed by atoms with van der Waals surface area (Å²) in [6.45, 7) is 5.09. The molecule has 2 aromatic rings. The van der Waals surface area contributed by atoms with E-state index in [1.54, 1.807) is 19.4 Å². The van der Waals surface area contributed by atoms with E-state index in [0.29, 0.717) is 24.5 Å². The van der Waals surface area contributed by atoms with Crippen molar-refractivity contribution in [3.05, 3.63) is 53.3 Å². The van der Waals surface area contributed by atoms with Crippen LogP contribution in [-0.4, -0.2) is 24.6 Å². The Kier molecular flexibility index (Phi) is 6.61.